The number of allylic oxidation sites excluding steroid dienone is 1. The second kappa shape index (κ2) is 10.7. The van der Waals surface area contributed by atoms with Crippen LogP contribution in [-0.4, -0.2) is 83.5 Å². The quantitative estimate of drug-likeness (QED) is 0.221. The molecule has 10 atom stereocenters. The Labute approximate surface area is 241 Å². The Bertz CT molecular complexity index is 1090. The van der Waals surface area contributed by atoms with E-state index in [2.05, 4.69) is 0 Å². The molecule has 10 heteroatoms. The molecule has 0 aromatic rings. The predicted octanol–water partition coefficient (Wildman–Crippen LogP) is 2.27. The first kappa shape index (κ1) is 32.1. The molecule has 3 fully saturated rings. The second-order valence-electron chi connectivity index (χ2n) is 14.5. The third kappa shape index (κ3) is 5.51. The van der Waals surface area contributed by atoms with Crippen molar-refractivity contribution in [2.75, 3.05) is 0 Å². The molecular formula is C31H48O10. The van der Waals surface area contributed by atoms with Gasteiger partial charge in [-0.25, -0.2) is 0 Å². The minimum absolute atomic E-state index is 0.104. The van der Waals surface area contributed by atoms with Gasteiger partial charge in [-0.3, -0.25) is 14.4 Å². The van der Waals surface area contributed by atoms with Crippen LogP contribution < -0.4 is 0 Å². The van der Waals surface area contributed by atoms with Crippen LogP contribution in [0.4, 0.5) is 0 Å². The van der Waals surface area contributed by atoms with Crippen molar-refractivity contribution in [3.05, 3.63) is 11.6 Å². The number of aliphatic hydroxyl groups is 5. The van der Waals surface area contributed by atoms with Gasteiger partial charge in [-0.2, -0.15) is 0 Å². The third-order valence-corrected chi connectivity index (χ3v) is 11.3. The van der Waals surface area contributed by atoms with E-state index in [4.69, 9.17) is 9.84 Å². The van der Waals surface area contributed by atoms with Crippen molar-refractivity contribution >= 4 is 17.7 Å². The predicted molar refractivity (Wildman–Crippen MR) is 147 cm³/mol. The van der Waals surface area contributed by atoms with E-state index in [1.54, 1.807) is 26.8 Å². The molecule has 2 unspecified atom stereocenters. The van der Waals surface area contributed by atoms with E-state index in [0.29, 0.717) is 37.7 Å². The lowest BCUT2D eigenvalue weighted by molar-refractivity contribution is -0.184. The number of fused-ring (bicyclic) bond motifs is 5. The monoisotopic (exact) mass is 580 g/mol. The zero-order valence-corrected chi connectivity index (χ0v) is 24.9. The average Bonchev–Trinajstić information content (AvgIpc) is 3.14. The van der Waals surface area contributed by atoms with Gasteiger partial charge in [-0.15, -0.1) is 0 Å². The number of rotatable bonds is 9. The van der Waals surface area contributed by atoms with Crippen LogP contribution in [0.5, 0.6) is 0 Å². The molecule has 0 spiro atoms. The summed E-state index contributed by atoms with van der Waals surface area (Å²) in [5, 5.41) is 64.9. The fourth-order valence-corrected chi connectivity index (χ4v) is 8.86. The Kier molecular flexibility index (Phi) is 8.37. The van der Waals surface area contributed by atoms with Gasteiger partial charge in [-0.05, 0) is 101 Å². The Hall–Kier alpha value is -1.85. The molecule has 41 heavy (non-hydrogen) atoms. The first-order valence-corrected chi connectivity index (χ1v) is 15.0. The maximum absolute atomic E-state index is 13.6. The molecule has 3 saturated carbocycles. The Balaban J connectivity index is 1.60. The van der Waals surface area contributed by atoms with Crippen LogP contribution in [0.3, 0.4) is 0 Å². The van der Waals surface area contributed by atoms with Crippen LogP contribution in [0.2, 0.25) is 0 Å². The van der Waals surface area contributed by atoms with Gasteiger partial charge in [0.05, 0.1) is 41.9 Å². The highest BCUT2D eigenvalue weighted by Crippen LogP contribution is 2.68. The number of carbonyl (C=O) groups excluding carboxylic acids is 2. The van der Waals surface area contributed by atoms with Gasteiger partial charge < -0.3 is 35.4 Å². The summed E-state index contributed by atoms with van der Waals surface area (Å²) < 4.78 is 5.53. The molecular weight excluding hydrogens is 532 g/mol. The highest BCUT2D eigenvalue weighted by atomic mass is 16.6. The summed E-state index contributed by atoms with van der Waals surface area (Å²) in [6.07, 6.45) is 0.485. The van der Waals surface area contributed by atoms with E-state index in [1.807, 2.05) is 13.8 Å². The van der Waals surface area contributed by atoms with Crippen molar-refractivity contribution in [3.63, 3.8) is 0 Å². The molecule has 0 bridgehead atoms. The van der Waals surface area contributed by atoms with Gasteiger partial charge in [0.1, 0.15) is 6.10 Å². The SMILES string of the molecule is CC(C)(O)CCC(O)[C@](C)(O)[C@H]1CCC2(O)C3=CC(=O)[C@@H]4C[C@@H](O)[C@@H](OC(=O)CCC(=O)O)C[C@]4(C)[C@H]3CC[C@]12C. The minimum Gasteiger partial charge on any atom is -0.481 e. The molecule has 4 aliphatic rings. The lowest BCUT2D eigenvalue weighted by atomic mass is 9.45. The number of carboxylic acids is 1. The Morgan fingerprint density at radius 1 is 1.10 bits per heavy atom. The number of carboxylic acid groups (broad SMARTS) is 1. The summed E-state index contributed by atoms with van der Waals surface area (Å²) in [6.45, 7) is 8.77. The number of aliphatic carboxylic acids is 1. The number of carbonyl (C=O) groups is 3. The topological polar surface area (TPSA) is 182 Å². The smallest absolute Gasteiger partial charge is 0.306 e. The number of ether oxygens (including phenoxy) is 1. The molecule has 0 aromatic heterocycles. The minimum atomic E-state index is -1.53. The Morgan fingerprint density at radius 3 is 2.37 bits per heavy atom. The summed E-state index contributed by atoms with van der Waals surface area (Å²) in [4.78, 5) is 36.8. The first-order chi connectivity index (χ1) is 18.8. The first-order valence-electron chi connectivity index (χ1n) is 15.0. The average molecular weight is 581 g/mol. The maximum atomic E-state index is 13.6. The molecule has 4 rings (SSSR count). The van der Waals surface area contributed by atoms with Crippen molar-refractivity contribution in [2.24, 2.45) is 28.6 Å². The summed E-state index contributed by atoms with van der Waals surface area (Å²) >= 11 is 0. The van der Waals surface area contributed by atoms with Crippen molar-refractivity contribution in [1.29, 1.82) is 0 Å². The lowest BCUT2D eigenvalue weighted by Crippen LogP contribution is -2.63. The van der Waals surface area contributed by atoms with E-state index in [1.165, 1.54) is 0 Å². The lowest BCUT2D eigenvalue weighted by Gasteiger charge is -2.60. The normalized spacial score (nSPS) is 40.9. The number of aliphatic hydroxyl groups excluding tert-OH is 2. The molecule has 6 N–H and O–H groups in total. The van der Waals surface area contributed by atoms with Crippen molar-refractivity contribution in [2.45, 2.75) is 134 Å². The molecule has 0 heterocycles. The van der Waals surface area contributed by atoms with E-state index in [0.717, 1.165) is 0 Å². The van der Waals surface area contributed by atoms with Gasteiger partial charge in [0.15, 0.2) is 5.78 Å². The molecule has 232 valence electrons. The second-order valence-corrected chi connectivity index (χ2v) is 14.5. The molecule has 0 amide bonds. The fourth-order valence-electron chi connectivity index (χ4n) is 8.86. The highest BCUT2D eigenvalue weighted by Gasteiger charge is 2.69. The molecule has 4 aliphatic carbocycles. The van der Waals surface area contributed by atoms with E-state index in [9.17, 15) is 39.9 Å². The van der Waals surface area contributed by atoms with Crippen molar-refractivity contribution in [3.8, 4) is 0 Å². The number of ketones is 1. The zero-order valence-electron chi connectivity index (χ0n) is 24.9. The van der Waals surface area contributed by atoms with Crippen LogP contribution in [0.15, 0.2) is 11.6 Å². The molecule has 10 nitrogen and oxygen atoms in total. The molecule has 0 radical (unpaired) electrons. The summed E-state index contributed by atoms with van der Waals surface area (Å²) in [7, 11) is 0. The van der Waals surface area contributed by atoms with Crippen molar-refractivity contribution < 1.29 is 49.8 Å². The summed E-state index contributed by atoms with van der Waals surface area (Å²) in [5.41, 5.74) is -4.84. The standard InChI is InChI=1S/C31H48O10/c1-27(2,38)11-10-24(34)30(5,39)23-9-13-31(40)18-14-20(32)19-15-21(33)22(41-26(37)7-6-25(35)36)16-28(19,3)17(18)8-12-29(23,31)4/h14,17,19,21-24,33-34,38-40H,6-13,15-16H2,1-5H3,(H,35,36)/t17-,19-,21+,22-,23-,24?,28+,29+,30+,31?/m0/s1. The van der Waals surface area contributed by atoms with E-state index >= 15 is 0 Å². The van der Waals surface area contributed by atoms with E-state index in [-0.39, 0.29) is 43.8 Å². The Morgan fingerprint density at radius 2 is 1.76 bits per heavy atom. The van der Waals surface area contributed by atoms with Gasteiger partial charge >= 0.3 is 11.9 Å². The zero-order chi connectivity index (χ0) is 30.8. The van der Waals surface area contributed by atoms with Crippen molar-refractivity contribution in [1.82, 2.24) is 0 Å². The van der Waals surface area contributed by atoms with Crippen LogP contribution >= 0.6 is 0 Å². The van der Waals surface area contributed by atoms with Crippen LogP contribution in [0.25, 0.3) is 0 Å². The summed E-state index contributed by atoms with van der Waals surface area (Å²) in [5.74, 6) is -3.22. The van der Waals surface area contributed by atoms with Gasteiger partial charge in [0, 0.05) is 11.3 Å². The van der Waals surface area contributed by atoms with Crippen LogP contribution in [-0.2, 0) is 19.1 Å². The van der Waals surface area contributed by atoms with Gasteiger partial charge in [-0.1, -0.05) is 13.8 Å². The highest BCUT2D eigenvalue weighted by molar-refractivity contribution is 5.95. The van der Waals surface area contributed by atoms with Gasteiger partial charge in [0.2, 0.25) is 0 Å². The van der Waals surface area contributed by atoms with Gasteiger partial charge in [0.25, 0.3) is 0 Å². The fraction of sp³-hybridized carbons (Fsp3) is 0.839. The molecule has 0 aromatic carbocycles. The number of hydrogen-bond donors (Lipinski definition) is 6. The summed E-state index contributed by atoms with van der Waals surface area (Å²) in [6, 6.07) is 0. The third-order valence-electron chi connectivity index (χ3n) is 11.3. The largest absolute Gasteiger partial charge is 0.481 e. The molecule has 0 saturated heterocycles. The number of hydrogen-bond acceptors (Lipinski definition) is 9. The van der Waals surface area contributed by atoms with E-state index < -0.39 is 69.7 Å². The van der Waals surface area contributed by atoms with Crippen LogP contribution in [0.1, 0.15) is 98.8 Å². The number of esters is 1. The van der Waals surface area contributed by atoms with Crippen LogP contribution in [0, 0.1) is 28.6 Å². The molecule has 0 aliphatic heterocycles. The maximum Gasteiger partial charge on any atom is 0.306 e.